The molecule has 0 N–H and O–H groups in total. The second-order valence-corrected chi connectivity index (χ2v) is 8.38. The van der Waals surface area contributed by atoms with E-state index >= 15 is 0 Å². The molecular weight excluding hydrogens is 481 g/mol. The molecule has 0 nitrogen and oxygen atoms in total. The zero-order valence-corrected chi connectivity index (χ0v) is 20.7. The monoisotopic (exact) mass is 500 g/mol. The van der Waals surface area contributed by atoms with Gasteiger partial charge in [-0.25, -0.2) is 12.1 Å². The van der Waals surface area contributed by atoms with Crippen LogP contribution in [-0.4, -0.2) is 0 Å². The van der Waals surface area contributed by atoms with Crippen LogP contribution in [0.1, 0.15) is 11.1 Å². The molecule has 4 heteroatoms. The van der Waals surface area contributed by atoms with Gasteiger partial charge in [-0.05, 0) is 22.4 Å². The quantitative estimate of drug-likeness (QED) is 0.307. The first-order valence-corrected chi connectivity index (χ1v) is 10.1. The molecule has 0 bridgehead atoms. The van der Waals surface area contributed by atoms with Crippen LogP contribution in [-0.2, 0) is 26.2 Å². The molecule has 0 amide bonds. The minimum atomic E-state index is -0.264. The van der Waals surface area contributed by atoms with Crippen LogP contribution in [0.2, 0.25) is 0 Å². The van der Waals surface area contributed by atoms with Crippen LogP contribution in [0.15, 0.2) is 90.5 Å². The smallest absolute Gasteiger partial charge is 1.00 e. The van der Waals surface area contributed by atoms with Crippen molar-refractivity contribution in [2.75, 3.05) is 0 Å². The van der Waals surface area contributed by atoms with E-state index in [0.29, 0.717) is 0 Å². The van der Waals surface area contributed by atoms with Crippen LogP contribution in [0.5, 0.6) is 0 Å². The van der Waals surface area contributed by atoms with Gasteiger partial charge in [0, 0.05) is 0 Å². The molecule has 5 rings (SSSR count). The van der Waals surface area contributed by atoms with E-state index in [2.05, 4.69) is 104 Å². The average Bonchev–Trinajstić information content (AvgIpc) is 3.33. The Kier molecular flexibility index (Phi) is 9.96. The van der Waals surface area contributed by atoms with Crippen molar-refractivity contribution in [3.8, 4) is 5.30 Å². The van der Waals surface area contributed by atoms with E-state index in [9.17, 15) is 0 Å². The van der Waals surface area contributed by atoms with Gasteiger partial charge >= 0.3 is 26.2 Å². The minimum Gasteiger partial charge on any atom is -1.00 e. The Balaban J connectivity index is 0.000000341. The zero-order chi connectivity index (χ0) is 17.2. The normalized spacial score (nSPS) is 9.64. The standard InChI is InChI=1S/C17H12P.C7H9.2ClH.Zr/c1-2-6-14-10-17(9-13(14)5-1)18-11-15-7-3-4-8-16(15)12-18;1-6-4-3-5-7(6)2;;;/h1-12H;3-5H,1-2H3;2*1H;/q2*-1;;;+4/p-2. The molecule has 0 saturated carbocycles. The third-order valence-corrected chi connectivity index (χ3v) is 6.73. The van der Waals surface area contributed by atoms with Crippen molar-refractivity contribution >= 4 is 29.1 Å². The van der Waals surface area contributed by atoms with Crippen molar-refractivity contribution < 1.29 is 51.0 Å². The third kappa shape index (κ3) is 5.49. The summed E-state index contributed by atoms with van der Waals surface area (Å²) in [6.07, 6.45) is 0. The summed E-state index contributed by atoms with van der Waals surface area (Å²) in [5.41, 5.74) is 2.78. The molecule has 0 saturated heterocycles. The van der Waals surface area contributed by atoms with E-state index in [-0.39, 0.29) is 58.6 Å². The molecule has 0 unspecified atom stereocenters. The van der Waals surface area contributed by atoms with E-state index in [1.807, 2.05) is 0 Å². The molecular formula is C24H21Cl2PZr. The average molecular weight is 503 g/mol. The maximum Gasteiger partial charge on any atom is 4.00 e. The molecule has 28 heavy (non-hydrogen) atoms. The Morgan fingerprint density at radius 1 is 0.786 bits per heavy atom. The number of fused-ring (bicyclic) bond motifs is 2. The van der Waals surface area contributed by atoms with Crippen molar-refractivity contribution in [2.24, 2.45) is 0 Å². The van der Waals surface area contributed by atoms with E-state index < -0.39 is 0 Å². The van der Waals surface area contributed by atoms with Gasteiger partial charge in [0.2, 0.25) is 0 Å². The molecule has 0 aliphatic heterocycles. The summed E-state index contributed by atoms with van der Waals surface area (Å²) in [5.74, 6) is 4.83. The first-order chi connectivity index (χ1) is 12.2. The molecule has 4 aromatic carbocycles. The molecule has 1 aromatic heterocycles. The minimum absolute atomic E-state index is 0. The molecule has 0 aliphatic carbocycles. The number of aryl methyl sites for hydroxylation is 2. The summed E-state index contributed by atoms with van der Waals surface area (Å²) in [5, 5.41) is 6.94. The summed E-state index contributed by atoms with van der Waals surface area (Å²) in [6.45, 7) is 4.24. The number of benzene rings is 2. The first-order valence-electron chi connectivity index (χ1n) is 8.62. The maximum atomic E-state index is 2.42. The maximum absolute atomic E-state index is 2.42. The van der Waals surface area contributed by atoms with Gasteiger partial charge in [0.15, 0.2) is 0 Å². The predicted molar refractivity (Wildman–Crippen MR) is 113 cm³/mol. The topological polar surface area (TPSA) is 0 Å². The number of rotatable bonds is 1. The summed E-state index contributed by atoms with van der Waals surface area (Å²) in [6, 6.07) is 28.2. The summed E-state index contributed by atoms with van der Waals surface area (Å²) >= 11 is 0. The molecule has 1 heterocycles. The third-order valence-electron chi connectivity index (χ3n) is 4.77. The molecule has 0 fully saturated rings. The molecule has 0 radical (unpaired) electrons. The Hall–Kier alpha value is -1.10. The Morgan fingerprint density at radius 2 is 1.36 bits per heavy atom. The van der Waals surface area contributed by atoms with Crippen LogP contribution in [0, 0.1) is 13.8 Å². The molecule has 5 aromatic rings. The van der Waals surface area contributed by atoms with Crippen LogP contribution in [0.4, 0.5) is 0 Å². The van der Waals surface area contributed by atoms with Crippen molar-refractivity contribution in [2.45, 2.75) is 13.8 Å². The van der Waals surface area contributed by atoms with Gasteiger partial charge in [-0.15, -0.1) is 42.6 Å². The van der Waals surface area contributed by atoms with Gasteiger partial charge < -0.3 is 24.8 Å². The Morgan fingerprint density at radius 3 is 1.82 bits per heavy atom. The van der Waals surface area contributed by atoms with E-state index in [0.717, 1.165) is 0 Å². The van der Waals surface area contributed by atoms with E-state index in [1.54, 1.807) is 0 Å². The SMILES string of the molecule is Cc1ccc[c-]1C.[Cl-].[Cl-].[Zr+4].c1ccc2cp(-c3cc4ccccc4[cH-]3)cc2c1. The van der Waals surface area contributed by atoms with Crippen LogP contribution in [0.25, 0.3) is 26.8 Å². The summed E-state index contributed by atoms with van der Waals surface area (Å²) in [7, 11) is -0.264. The number of hydrogen-bond donors (Lipinski definition) is 0. The zero-order valence-electron chi connectivity index (χ0n) is 15.9. The second kappa shape index (κ2) is 11.2. The first kappa shape index (κ1) is 24.9. The molecule has 0 aliphatic rings. The van der Waals surface area contributed by atoms with Crippen LogP contribution < -0.4 is 24.8 Å². The number of halogens is 2. The van der Waals surface area contributed by atoms with E-state index in [1.165, 1.54) is 38.0 Å². The van der Waals surface area contributed by atoms with Crippen molar-refractivity contribution in [3.63, 3.8) is 0 Å². The Labute approximate surface area is 199 Å². The summed E-state index contributed by atoms with van der Waals surface area (Å²) < 4.78 is 0. The van der Waals surface area contributed by atoms with Gasteiger partial charge in [-0.1, -0.05) is 49.5 Å². The summed E-state index contributed by atoms with van der Waals surface area (Å²) in [4.78, 5) is 0. The second-order valence-electron chi connectivity index (χ2n) is 6.53. The number of hydrogen-bond acceptors (Lipinski definition) is 0. The molecule has 0 atom stereocenters. The predicted octanol–water partition coefficient (Wildman–Crippen LogP) is 1.72. The fraction of sp³-hybridized carbons (Fsp3) is 0.0833. The van der Waals surface area contributed by atoms with Gasteiger partial charge in [0.1, 0.15) is 0 Å². The Bertz CT molecular complexity index is 979. The van der Waals surface area contributed by atoms with Crippen LogP contribution >= 0.6 is 7.53 Å². The molecule has 0 spiro atoms. The van der Waals surface area contributed by atoms with Gasteiger partial charge in [0.25, 0.3) is 0 Å². The van der Waals surface area contributed by atoms with Gasteiger partial charge in [0.05, 0.1) is 0 Å². The largest absolute Gasteiger partial charge is 4.00 e. The van der Waals surface area contributed by atoms with Gasteiger partial charge in [-0.3, -0.25) is 0 Å². The van der Waals surface area contributed by atoms with Crippen molar-refractivity contribution in [3.05, 3.63) is 102 Å². The van der Waals surface area contributed by atoms with Gasteiger partial charge in [-0.2, -0.15) is 23.3 Å². The van der Waals surface area contributed by atoms with Crippen molar-refractivity contribution in [1.29, 1.82) is 0 Å². The van der Waals surface area contributed by atoms with Crippen molar-refractivity contribution in [1.82, 2.24) is 0 Å². The fourth-order valence-electron chi connectivity index (χ4n) is 3.11. The molecule has 140 valence electrons. The van der Waals surface area contributed by atoms with E-state index in [4.69, 9.17) is 0 Å². The fourth-order valence-corrected chi connectivity index (χ4v) is 5.13. The van der Waals surface area contributed by atoms with Crippen LogP contribution in [0.3, 0.4) is 0 Å².